The van der Waals surface area contributed by atoms with Gasteiger partial charge in [0.05, 0.1) is 0 Å². The van der Waals surface area contributed by atoms with Crippen LogP contribution < -0.4 is 56.3 Å². The van der Waals surface area contributed by atoms with Crippen LogP contribution >= 0.6 is 20.2 Å². The number of hydrogen-bond acceptors (Lipinski definition) is 2. The van der Waals surface area contributed by atoms with E-state index in [9.17, 15) is 0 Å². The van der Waals surface area contributed by atoms with Crippen molar-refractivity contribution in [3.05, 3.63) is 0 Å². The van der Waals surface area contributed by atoms with Gasteiger partial charge in [-0.1, -0.05) is 0 Å². The fraction of sp³-hybridized carbons (Fsp3) is 0. The van der Waals surface area contributed by atoms with Crippen LogP contribution in [0.4, 0.5) is 0 Å². The molecule has 2 N–H and O–H groups in total. The van der Waals surface area contributed by atoms with E-state index in [-0.39, 0.29) is 63.8 Å². The molecule has 0 aliphatic heterocycles. The fourth-order valence-electron chi connectivity index (χ4n) is 0. The maximum Gasteiger partial charge on any atom is 1.00 e. The van der Waals surface area contributed by atoms with Gasteiger partial charge in [-0.15, -0.1) is 12.4 Å². The van der Waals surface area contributed by atoms with E-state index in [1.54, 1.807) is 0 Å². The summed E-state index contributed by atoms with van der Waals surface area (Å²) in [5.74, 6) is 0. The molecule has 0 radical (unpaired) electrons. The van der Waals surface area contributed by atoms with Crippen LogP contribution in [0.2, 0.25) is 0 Å². The summed E-state index contributed by atoms with van der Waals surface area (Å²) in [4.78, 5) is 22.9. The van der Waals surface area contributed by atoms with Crippen LogP contribution in [0.1, 0.15) is 0 Å². The van der Waals surface area contributed by atoms with Crippen LogP contribution in [0.25, 0.3) is 0 Å². The summed E-state index contributed by atoms with van der Waals surface area (Å²) < 4.78 is 8.77. The molecule has 0 aromatic rings. The summed E-state index contributed by atoms with van der Waals surface area (Å²) in [7, 11) is -4.89. The zero-order chi connectivity index (χ0) is 4.50. The molecule has 40 valence electrons. The van der Waals surface area contributed by atoms with Crippen LogP contribution in [0.5, 0.6) is 0 Å². The van der Waals surface area contributed by atoms with Gasteiger partial charge in [0.1, 0.15) is 0 Å². The van der Waals surface area contributed by atoms with E-state index >= 15 is 0 Å². The summed E-state index contributed by atoms with van der Waals surface area (Å²) in [6.45, 7) is 0. The van der Waals surface area contributed by atoms with Gasteiger partial charge in [0.25, 0.3) is 7.82 Å². The van der Waals surface area contributed by atoms with Gasteiger partial charge in [0.2, 0.25) is 0 Å². The third kappa shape index (κ3) is 70.6. The molecule has 0 saturated heterocycles. The van der Waals surface area contributed by atoms with Crippen LogP contribution in [-0.4, -0.2) is 9.79 Å². The van der Waals surface area contributed by atoms with E-state index in [0.29, 0.717) is 0 Å². The Morgan fingerprint density at radius 3 is 1.43 bits per heavy atom. The van der Waals surface area contributed by atoms with Crippen molar-refractivity contribution in [3.8, 4) is 0 Å². The average molecular weight is 173 g/mol. The molecular formula is H3ClKO4P. The SMILES string of the molecule is Cl.O=P([O-])(O)O.[K+]. The number of halogens is 1. The Kier molecular flexibility index (Phi) is 14.1. The third-order valence-corrected chi connectivity index (χ3v) is 0. The second kappa shape index (κ2) is 6.16. The molecular weight excluding hydrogens is 170 g/mol. The van der Waals surface area contributed by atoms with E-state index in [4.69, 9.17) is 19.2 Å². The number of rotatable bonds is 0. The predicted molar refractivity (Wildman–Crippen MR) is 19.3 cm³/mol. The van der Waals surface area contributed by atoms with Crippen molar-refractivity contribution in [1.82, 2.24) is 0 Å². The van der Waals surface area contributed by atoms with Crippen LogP contribution in [-0.2, 0) is 4.57 Å². The molecule has 0 aliphatic carbocycles. The fourth-order valence-corrected chi connectivity index (χ4v) is 0. The second-order valence-corrected chi connectivity index (χ2v) is 1.47. The standard InChI is InChI=1S/ClH.K.H3O4P/c;;1-5(2,3)4/h1H;;(H3,1,2,3,4)/q;+1;/p-1. The number of hydrogen-bond donors (Lipinski definition) is 2. The zero-order valence-electron chi connectivity index (χ0n) is 3.57. The van der Waals surface area contributed by atoms with Crippen molar-refractivity contribution >= 4 is 20.2 Å². The van der Waals surface area contributed by atoms with Gasteiger partial charge in [-0.3, -0.25) is 4.57 Å². The first-order valence-corrected chi connectivity index (χ1v) is 2.30. The van der Waals surface area contributed by atoms with E-state index in [2.05, 4.69) is 0 Å². The Hall–Kier alpha value is 2.04. The smallest absolute Gasteiger partial charge is 0.756 e. The summed E-state index contributed by atoms with van der Waals surface area (Å²) in [6.07, 6.45) is 0. The van der Waals surface area contributed by atoms with Crippen molar-refractivity contribution in [2.75, 3.05) is 0 Å². The summed E-state index contributed by atoms with van der Waals surface area (Å²) in [5.41, 5.74) is 0. The van der Waals surface area contributed by atoms with Gasteiger partial charge >= 0.3 is 51.4 Å². The molecule has 0 aliphatic rings. The molecule has 4 nitrogen and oxygen atoms in total. The second-order valence-electron chi connectivity index (χ2n) is 0.491. The van der Waals surface area contributed by atoms with Crippen LogP contribution in [0.15, 0.2) is 0 Å². The number of phosphoric acid groups is 1. The monoisotopic (exact) mass is 172 g/mol. The molecule has 0 bridgehead atoms. The normalized spacial score (nSPS) is 8.43. The molecule has 0 spiro atoms. The van der Waals surface area contributed by atoms with E-state index in [1.807, 2.05) is 0 Å². The Balaban J connectivity index is -0.0000000800. The quantitative estimate of drug-likeness (QED) is 0.287. The first-order valence-electron chi connectivity index (χ1n) is 0.765. The topological polar surface area (TPSA) is 80.6 Å². The molecule has 0 unspecified atom stereocenters. The maximum atomic E-state index is 8.77. The average Bonchev–Trinajstić information content (AvgIpc) is 0.722. The van der Waals surface area contributed by atoms with Gasteiger partial charge in [0.15, 0.2) is 0 Å². The van der Waals surface area contributed by atoms with E-state index in [0.717, 1.165) is 0 Å². The minimum absolute atomic E-state index is 0. The summed E-state index contributed by atoms with van der Waals surface area (Å²) >= 11 is 0. The van der Waals surface area contributed by atoms with Crippen molar-refractivity contribution < 1.29 is 70.6 Å². The van der Waals surface area contributed by atoms with Crippen molar-refractivity contribution in [3.63, 3.8) is 0 Å². The minimum Gasteiger partial charge on any atom is -0.756 e. The first kappa shape index (κ1) is 16.0. The third-order valence-electron chi connectivity index (χ3n) is 0. The Bertz CT molecular complexity index is 57.8. The molecule has 0 atom stereocenters. The Morgan fingerprint density at radius 2 is 1.43 bits per heavy atom. The van der Waals surface area contributed by atoms with Gasteiger partial charge < -0.3 is 14.7 Å². The largest absolute Gasteiger partial charge is 1.00 e. The molecule has 7 heteroatoms. The van der Waals surface area contributed by atoms with Gasteiger partial charge in [0, 0.05) is 0 Å². The molecule has 0 rings (SSSR count). The molecule has 0 amide bonds. The van der Waals surface area contributed by atoms with E-state index < -0.39 is 7.82 Å². The minimum atomic E-state index is -4.89. The first-order chi connectivity index (χ1) is 2.00. The Morgan fingerprint density at radius 1 is 1.43 bits per heavy atom. The summed E-state index contributed by atoms with van der Waals surface area (Å²) in [6, 6.07) is 0. The van der Waals surface area contributed by atoms with Gasteiger partial charge in [-0.25, -0.2) is 0 Å². The van der Waals surface area contributed by atoms with E-state index in [1.165, 1.54) is 0 Å². The zero-order valence-corrected chi connectivity index (χ0v) is 8.40. The van der Waals surface area contributed by atoms with Crippen LogP contribution in [0, 0.1) is 0 Å². The molecule has 0 aromatic heterocycles. The van der Waals surface area contributed by atoms with Crippen molar-refractivity contribution in [2.24, 2.45) is 0 Å². The Labute approximate surface area is 89.4 Å². The van der Waals surface area contributed by atoms with Gasteiger partial charge in [-0.2, -0.15) is 0 Å². The molecule has 0 fully saturated rings. The van der Waals surface area contributed by atoms with Crippen molar-refractivity contribution in [2.45, 2.75) is 0 Å². The summed E-state index contributed by atoms with van der Waals surface area (Å²) in [5, 5.41) is 0. The predicted octanol–water partition coefficient (Wildman–Crippen LogP) is -4.13. The molecule has 0 aromatic carbocycles. The van der Waals surface area contributed by atoms with Crippen LogP contribution in [0.3, 0.4) is 0 Å². The van der Waals surface area contributed by atoms with Gasteiger partial charge in [-0.05, 0) is 0 Å². The molecule has 7 heavy (non-hydrogen) atoms. The molecule has 0 saturated carbocycles. The van der Waals surface area contributed by atoms with Crippen molar-refractivity contribution in [1.29, 1.82) is 0 Å². The maximum absolute atomic E-state index is 8.77. The molecule has 0 heterocycles.